The van der Waals surface area contributed by atoms with Crippen molar-refractivity contribution in [2.75, 3.05) is 0 Å². The molecule has 0 radical (unpaired) electrons. The Labute approximate surface area is 237 Å². The molecule has 222 valence electrons. The van der Waals surface area contributed by atoms with Gasteiger partial charge in [0.15, 0.2) is 11.9 Å². The normalized spacial score (nSPS) is 17.2. The molecule has 13 heteroatoms. The molecule has 0 unspecified atom stereocenters. The highest BCUT2D eigenvalue weighted by Gasteiger charge is 2.40. The van der Waals surface area contributed by atoms with Gasteiger partial charge in [0.25, 0.3) is 0 Å². The molecule has 0 fully saturated rings. The van der Waals surface area contributed by atoms with Gasteiger partial charge in [-0.1, -0.05) is 48.9 Å². The van der Waals surface area contributed by atoms with Crippen LogP contribution in [-0.2, 0) is 27.2 Å². The number of amides is 2. The lowest BCUT2D eigenvalue weighted by Gasteiger charge is -2.26. The fourth-order valence-electron chi connectivity index (χ4n) is 4.85. The molecule has 1 aliphatic rings. The summed E-state index contributed by atoms with van der Waals surface area (Å²) in [6.07, 6.45) is -15.8. The van der Waals surface area contributed by atoms with Crippen molar-refractivity contribution in [3.05, 3.63) is 69.7 Å². The van der Waals surface area contributed by atoms with Crippen LogP contribution in [0.15, 0.2) is 47.5 Å². The summed E-state index contributed by atoms with van der Waals surface area (Å²) in [5.41, 5.74) is 8.10. The highest BCUT2D eigenvalue weighted by atomic mass is 35.5. The van der Waals surface area contributed by atoms with Crippen molar-refractivity contribution in [2.24, 2.45) is 22.6 Å². The Morgan fingerprint density at radius 1 is 1.02 bits per heavy atom. The molecular formula is C28H28ClF6N3O3. The number of hydrogen-bond acceptors (Lipinski definition) is 4. The number of nitrogens with one attached hydrogen (secondary N) is 1. The number of nitrogens with two attached hydrogens (primary N) is 1. The van der Waals surface area contributed by atoms with E-state index in [-0.39, 0.29) is 12.1 Å². The molecule has 2 amide bonds. The Morgan fingerprint density at radius 3 is 2.20 bits per heavy atom. The van der Waals surface area contributed by atoms with Crippen LogP contribution >= 0.6 is 11.6 Å². The molecule has 1 aliphatic heterocycles. The number of Topliss-reactive ketones (excluding diaryl/α,β-unsaturated/α-hetero) is 1. The van der Waals surface area contributed by atoms with Gasteiger partial charge in [0, 0.05) is 47.2 Å². The van der Waals surface area contributed by atoms with Gasteiger partial charge in [-0.2, -0.15) is 26.3 Å². The summed E-state index contributed by atoms with van der Waals surface area (Å²) in [6.45, 7) is 1.89. The molecule has 41 heavy (non-hydrogen) atoms. The van der Waals surface area contributed by atoms with E-state index in [1.54, 1.807) is 36.4 Å². The fraction of sp³-hybridized carbons (Fsp3) is 0.429. The maximum absolute atomic E-state index is 13.4. The van der Waals surface area contributed by atoms with E-state index in [0.717, 1.165) is 5.56 Å². The zero-order valence-electron chi connectivity index (χ0n) is 21.9. The third-order valence-corrected chi connectivity index (χ3v) is 7.10. The van der Waals surface area contributed by atoms with Crippen molar-refractivity contribution < 1.29 is 40.7 Å². The number of aryl methyl sites for hydroxylation is 1. The summed E-state index contributed by atoms with van der Waals surface area (Å²) >= 11 is 6.17. The summed E-state index contributed by atoms with van der Waals surface area (Å²) in [5, 5.41) is 2.66. The second-order valence-electron chi connectivity index (χ2n) is 9.76. The van der Waals surface area contributed by atoms with Crippen molar-refractivity contribution in [1.29, 1.82) is 0 Å². The molecule has 2 aromatic carbocycles. The van der Waals surface area contributed by atoms with Crippen LogP contribution in [0.3, 0.4) is 0 Å². The van der Waals surface area contributed by atoms with E-state index >= 15 is 0 Å². The Bertz CT molecular complexity index is 1330. The maximum Gasteiger partial charge on any atom is 0.389 e. The van der Waals surface area contributed by atoms with Crippen molar-refractivity contribution in [2.45, 2.75) is 64.0 Å². The van der Waals surface area contributed by atoms with Crippen LogP contribution in [-0.4, -0.2) is 41.8 Å². The molecule has 2 aromatic rings. The summed E-state index contributed by atoms with van der Waals surface area (Å²) in [6, 6.07) is 11.9. The van der Waals surface area contributed by atoms with Crippen LogP contribution in [0.5, 0.6) is 0 Å². The second-order valence-corrected chi connectivity index (χ2v) is 10.2. The van der Waals surface area contributed by atoms with Crippen molar-refractivity contribution >= 4 is 34.9 Å². The second kappa shape index (κ2) is 13.1. The van der Waals surface area contributed by atoms with Gasteiger partial charge in [-0.15, -0.1) is 0 Å². The number of alkyl halides is 6. The number of fused-ring (bicyclic) bond motifs is 1. The highest BCUT2D eigenvalue weighted by Crippen LogP contribution is 2.33. The first-order valence-electron chi connectivity index (χ1n) is 12.8. The molecule has 3 atom stereocenters. The maximum atomic E-state index is 13.4. The van der Waals surface area contributed by atoms with Gasteiger partial charge in [0.1, 0.15) is 0 Å². The number of halogens is 7. The van der Waals surface area contributed by atoms with Gasteiger partial charge >= 0.3 is 12.4 Å². The molecular weight excluding hydrogens is 576 g/mol. The zero-order chi connectivity index (χ0) is 30.5. The fourth-order valence-corrected chi connectivity index (χ4v) is 5.04. The molecule has 0 bridgehead atoms. The molecule has 3 N–H and O–H groups in total. The molecule has 0 saturated heterocycles. The lowest BCUT2D eigenvalue weighted by molar-refractivity contribution is -0.152. The lowest BCUT2D eigenvalue weighted by Crippen LogP contribution is -2.47. The van der Waals surface area contributed by atoms with Crippen molar-refractivity contribution in [3.8, 4) is 0 Å². The van der Waals surface area contributed by atoms with Crippen LogP contribution in [0.4, 0.5) is 26.3 Å². The third kappa shape index (κ3) is 8.79. The molecule has 3 rings (SSSR count). The van der Waals surface area contributed by atoms with Gasteiger partial charge in [0.05, 0.1) is 5.71 Å². The average Bonchev–Trinajstić information content (AvgIpc) is 3.00. The number of primary amides is 1. The first-order chi connectivity index (χ1) is 19.1. The Kier molecular flexibility index (Phi) is 10.2. The minimum absolute atomic E-state index is 0.182. The predicted molar refractivity (Wildman–Crippen MR) is 140 cm³/mol. The molecule has 0 saturated carbocycles. The van der Waals surface area contributed by atoms with Gasteiger partial charge in [-0.3, -0.25) is 19.4 Å². The molecule has 6 nitrogen and oxygen atoms in total. The van der Waals surface area contributed by atoms with Crippen molar-refractivity contribution in [1.82, 2.24) is 5.32 Å². The minimum atomic E-state index is -4.76. The molecule has 0 aromatic heterocycles. The van der Waals surface area contributed by atoms with Gasteiger partial charge < -0.3 is 11.1 Å². The minimum Gasteiger partial charge on any atom is -0.369 e. The zero-order valence-corrected chi connectivity index (χ0v) is 22.7. The molecule has 0 spiro atoms. The van der Waals surface area contributed by atoms with E-state index in [9.17, 15) is 40.7 Å². The highest BCUT2D eigenvalue weighted by molar-refractivity contribution is 6.31. The predicted octanol–water partition coefficient (Wildman–Crippen LogP) is 5.71. The van der Waals surface area contributed by atoms with E-state index in [2.05, 4.69) is 10.3 Å². The van der Waals surface area contributed by atoms with E-state index in [1.807, 2.05) is 13.0 Å². The lowest BCUT2D eigenvalue weighted by atomic mass is 9.83. The number of benzene rings is 2. The van der Waals surface area contributed by atoms with E-state index < -0.39 is 73.6 Å². The number of rotatable bonds is 10. The Hall–Kier alpha value is -3.41. The summed E-state index contributed by atoms with van der Waals surface area (Å²) in [5.74, 6) is -6.93. The standard InChI is InChI=1S/C28H28ClF6N3O3/c1-2-15-5-4-8-18-21(15)14-22(39)25(37-23(18)16-6-3-7-17(29)13-16)38-26(41)20(10-12-28(33,34)35)19(24(36)40)9-11-27(30,31)32/h3-8,13,19-20,25H,2,9-12,14H2,1H3,(H2,36,40)(H,38,41)/t19-,20+,25+/m0/s1. The van der Waals surface area contributed by atoms with E-state index in [1.165, 1.54) is 0 Å². The Balaban J connectivity index is 2.04. The van der Waals surface area contributed by atoms with Crippen LogP contribution in [0, 0.1) is 11.8 Å². The van der Waals surface area contributed by atoms with Crippen LogP contribution in [0.1, 0.15) is 54.9 Å². The summed E-state index contributed by atoms with van der Waals surface area (Å²) in [7, 11) is 0. The van der Waals surface area contributed by atoms with Gasteiger partial charge in [-0.25, -0.2) is 0 Å². The third-order valence-electron chi connectivity index (χ3n) is 6.87. The number of carbonyl (C=O) groups excluding carboxylic acids is 3. The van der Waals surface area contributed by atoms with Gasteiger partial charge in [-0.05, 0) is 42.5 Å². The van der Waals surface area contributed by atoms with E-state index in [4.69, 9.17) is 17.3 Å². The topological polar surface area (TPSA) is 102 Å². The summed E-state index contributed by atoms with van der Waals surface area (Å²) in [4.78, 5) is 43.2. The van der Waals surface area contributed by atoms with Crippen LogP contribution in [0.2, 0.25) is 5.02 Å². The van der Waals surface area contributed by atoms with Gasteiger partial charge in [0.2, 0.25) is 11.8 Å². The molecule has 1 heterocycles. The quantitative estimate of drug-likeness (QED) is 0.340. The van der Waals surface area contributed by atoms with Crippen LogP contribution < -0.4 is 11.1 Å². The Morgan fingerprint density at radius 2 is 1.63 bits per heavy atom. The number of carbonyl (C=O) groups is 3. The SMILES string of the molecule is CCc1cccc2c1CC(=O)[C@@H](NC(=O)[C@H](CCC(F)(F)F)[C@H](CCC(F)(F)F)C(N)=O)N=C2c1cccc(Cl)c1. The van der Waals surface area contributed by atoms with E-state index in [0.29, 0.717) is 28.1 Å². The van der Waals surface area contributed by atoms with Crippen LogP contribution in [0.25, 0.3) is 0 Å². The largest absolute Gasteiger partial charge is 0.389 e. The number of nitrogens with zero attached hydrogens (tertiary/aromatic N) is 1. The number of ketones is 1. The smallest absolute Gasteiger partial charge is 0.369 e. The van der Waals surface area contributed by atoms with Crippen molar-refractivity contribution in [3.63, 3.8) is 0 Å². The first-order valence-corrected chi connectivity index (χ1v) is 13.2. The molecule has 0 aliphatic carbocycles. The average molecular weight is 604 g/mol. The monoisotopic (exact) mass is 603 g/mol. The number of hydrogen-bond donors (Lipinski definition) is 2. The number of aliphatic imine (C=N–C) groups is 1. The summed E-state index contributed by atoms with van der Waals surface area (Å²) < 4.78 is 77.9. The first kappa shape index (κ1) is 32.1.